The zero-order valence-corrected chi connectivity index (χ0v) is 3.16. The van der Waals surface area contributed by atoms with Gasteiger partial charge in [-0.2, -0.15) is 0 Å². The van der Waals surface area contributed by atoms with Crippen LogP contribution in [0.3, 0.4) is 0 Å². The number of aliphatic hydroxyl groups excluding tert-OH is 1. The maximum atomic E-state index is 8.12. The molecule has 0 radical (unpaired) electrons. The molecule has 1 aliphatic heterocycles. The summed E-state index contributed by atoms with van der Waals surface area (Å²) in [6.45, 7) is 0.498. The van der Waals surface area contributed by atoms with Gasteiger partial charge in [-0.3, -0.25) is 0 Å². The van der Waals surface area contributed by atoms with Gasteiger partial charge < -0.3 is 14.9 Å². The maximum absolute atomic E-state index is 8.12. The number of hydrogen-bond acceptors (Lipinski definition) is 3. The summed E-state index contributed by atoms with van der Waals surface area (Å²) in [4.78, 5) is 0. The molecule has 3 heteroatoms. The summed E-state index contributed by atoms with van der Waals surface area (Å²) in [7, 11) is 0. The molecule has 0 aromatic rings. The van der Waals surface area contributed by atoms with Crippen molar-refractivity contribution in [1.82, 2.24) is 0 Å². The van der Waals surface area contributed by atoms with Gasteiger partial charge >= 0.3 is 0 Å². The molecule has 0 aromatic heterocycles. The zero-order valence-electron chi connectivity index (χ0n) is 3.16. The van der Waals surface area contributed by atoms with Crippen LogP contribution in [0.4, 0.5) is 0 Å². The van der Waals surface area contributed by atoms with Gasteiger partial charge in [0, 0.05) is 0 Å². The summed E-state index contributed by atoms with van der Waals surface area (Å²) in [6.07, 6.45) is -1.55. The first kappa shape index (κ1) is 4.05. The minimum atomic E-state index is -1.26. The maximum Gasteiger partial charge on any atom is 0.180 e. The van der Waals surface area contributed by atoms with Crippen molar-refractivity contribution in [3.63, 3.8) is 0 Å². The minimum Gasteiger partial charge on any atom is -0.368 e. The fraction of sp³-hybridized carbons (Fsp3) is 1.00. The van der Waals surface area contributed by atoms with Crippen molar-refractivity contribution >= 4 is 0 Å². The van der Waals surface area contributed by atoms with Gasteiger partial charge in [-0.1, -0.05) is 0 Å². The lowest BCUT2D eigenvalue weighted by atomic mass is 10.5. The van der Waals surface area contributed by atoms with Crippen LogP contribution >= 0.6 is 0 Å². The second-order valence-corrected chi connectivity index (χ2v) is 1.29. The molecule has 1 saturated heterocycles. The van der Waals surface area contributed by atoms with Crippen LogP contribution in [0.25, 0.3) is 0 Å². The largest absolute Gasteiger partial charge is 0.368 e. The number of epoxide rings is 1. The van der Waals surface area contributed by atoms with Gasteiger partial charge in [-0.25, -0.2) is 0 Å². The Morgan fingerprint density at radius 1 is 1.67 bits per heavy atom. The molecular weight excluding hydrogens is 84.0 g/mol. The highest BCUT2D eigenvalue weighted by molar-refractivity contribution is 4.69. The second-order valence-electron chi connectivity index (χ2n) is 1.29. The van der Waals surface area contributed by atoms with Crippen LogP contribution < -0.4 is 0 Å². The van der Waals surface area contributed by atoms with E-state index in [-0.39, 0.29) is 6.10 Å². The van der Waals surface area contributed by atoms with Gasteiger partial charge in [0.25, 0.3) is 0 Å². The van der Waals surface area contributed by atoms with Crippen LogP contribution in [-0.4, -0.2) is 29.2 Å². The van der Waals surface area contributed by atoms with Crippen molar-refractivity contribution in [3.05, 3.63) is 0 Å². The molecule has 1 rings (SSSR count). The molecule has 0 bridgehead atoms. The van der Waals surface area contributed by atoms with Crippen molar-refractivity contribution in [2.24, 2.45) is 0 Å². The Bertz CT molecular complexity index is 48.0. The summed E-state index contributed by atoms with van der Waals surface area (Å²) in [5, 5.41) is 16.2. The van der Waals surface area contributed by atoms with E-state index in [2.05, 4.69) is 4.74 Å². The molecule has 0 aromatic carbocycles. The van der Waals surface area contributed by atoms with Crippen LogP contribution in [-0.2, 0) is 4.74 Å². The Morgan fingerprint density at radius 2 is 2.17 bits per heavy atom. The molecule has 1 atom stereocenters. The van der Waals surface area contributed by atoms with Crippen molar-refractivity contribution in [2.75, 3.05) is 6.61 Å². The second kappa shape index (κ2) is 1.18. The number of ether oxygens (including phenoxy) is 1. The molecular formula is C3H6O3. The highest BCUT2D eigenvalue weighted by atomic mass is 16.6. The Labute approximate surface area is 35.2 Å². The van der Waals surface area contributed by atoms with E-state index >= 15 is 0 Å². The third kappa shape index (κ3) is 0.680. The molecule has 1 fully saturated rings. The van der Waals surface area contributed by atoms with Gasteiger partial charge in [-0.05, 0) is 0 Å². The van der Waals surface area contributed by atoms with E-state index in [1.807, 2.05) is 0 Å². The van der Waals surface area contributed by atoms with Gasteiger partial charge in [0.2, 0.25) is 0 Å². The molecule has 1 aliphatic rings. The van der Waals surface area contributed by atoms with E-state index in [1.165, 1.54) is 0 Å². The molecule has 0 aliphatic carbocycles. The molecule has 1 heterocycles. The first-order valence-corrected chi connectivity index (χ1v) is 1.78. The predicted octanol–water partition coefficient (Wildman–Crippen LogP) is -1.30. The summed E-state index contributed by atoms with van der Waals surface area (Å²) in [5.74, 6) is 0. The monoisotopic (exact) mass is 90.0 g/mol. The van der Waals surface area contributed by atoms with Crippen molar-refractivity contribution in [1.29, 1.82) is 0 Å². The van der Waals surface area contributed by atoms with E-state index in [1.54, 1.807) is 0 Å². The molecule has 0 amide bonds. The average molecular weight is 90.1 g/mol. The zero-order chi connectivity index (χ0) is 4.57. The Hall–Kier alpha value is -0.120. The molecule has 0 spiro atoms. The highest BCUT2D eigenvalue weighted by Gasteiger charge is 2.29. The molecule has 0 saturated carbocycles. The fourth-order valence-electron chi connectivity index (χ4n) is 0.228. The van der Waals surface area contributed by atoms with Crippen LogP contribution in [0.2, 0.25) is 0 Å². The number of rotatable bonds is 1. The van der Waals surface area contributed by atoms with Gasteiger partial charge in [-0.15, -0.1) is 0 Å². The smallest absolute Gasteiger partial charge is 0.180 e. The van der Waals surface area contributed by atoms with E-state index < -0.39 is 6.29 Å². The van der Waals surface area contributed by atoms with E-state index in [0.29, 0.717) is 6.61 Å². The van der Waals surface area contributed by atoms with Crippen molar-refractivity contribution in [3.8, 4) is 0 Å². The SMILES string of the molecule is OC(O)C1CO1. The molecule has 36 valence electrons. The lowest BCUT2D eigenvalue weighted by molar-refractivity contribution is -0.0580. The van der Waals surface area contributed by atoms with E-state index in [0.717, 1.165) is 0 Å². The summed E-state index contributed by atoms with van der Waals surface area (Å²) < 4.78 is 4.47. The lowest BCUT2D eigenvalue weighted by Crippen LogP contribution is -2.11. The van der Waals surface area contributed by atoms with Crippen molar-refractivity contribution < 1.29 is 14.9 Å². The third-order valence-corrected chi connectivity index (χ3v) is 0.692. The van der Waals surface area contributed by atoms with Crippen molar-refractivity contribution in [2.45, 2.75) is 12.4 Å². The Morgan fingerprint density at radius 3 is 2.17 bits per heavy atom. The quantitative estimate of drug-likeness (QED) is 0.310. The summed E-state index contributed by atoms with van der Waals surface area (Å²) in [5.41, 5.74) is 0. The topological polar surface area (TPSA) is 53.0 Å². The third-order valence-electron chi connectivity index (χ3n) is 0.692. The Balaban J connectivity index is 2.13. The summed E-state index contributed by atoms with van der Waals surface area (Å²) in [6, 6.07) is 0. The molecule has 2 N–H and O–H groups in total. The van der Waals surface area contributed by atoms with E-state index in [9.17, 15) is 0 Å². The lowest BCUT2D eigenvalue weighted by Gasteiger charge is -1.90. The normalized spacial score (nSPS) is 31.5. The fourth-order valence-corrected chi connectivity index (χ4v) is 0.228. The first-order chi connectivity index (χ1) is 2.80. The van der Waals surface area contributed by atoms with Crippen LogP contribution in [0.1, 0.15) is 0 Å². The highest BCUT2D eigenvalue weighted by Crippen LogP contribution is 2.10. The van der Waals surface area contributed by atoms with Gasteiger partial charge in [0.15, 0.2) is 6.29 Å². The Kier molecular flexibility index (Phi) is 0.799. The first-order valence-electron chi connectivity index (χ1n) is 1.78. The molecule has 1 unspecified atom stereocenters. The number of hydrogen-bond donors (Lipinski definition) is 2. The van der Waals surface area contributed by atoms with Crippen LogP contribution in [0.5, 0.6) is 0 Å². The standard InChI is InChI=1S/C3H6O3/c4-3(5)2-1-6-2/h2-5H,1H2. The summed E-state index contributed by atoms with van der Waals surface area (Å²) >= 11 is 0. The van der Waals surface area contributed by atoms with Crippen LogP contribution in [0.15, 0.2) is 0 Å². The predicted molar refractivity (Wildman–Crippen MR) is 18.0 cm³/mol. The average Bonchev–Trinajstić information content (AvgIpc) is 2.06. The molecule has 6 heavy (non-hydrogen) atoms. The molecule has 3 nitrogen and oxygen atoms in total. The van der Waals surface area contributed by atoms with Gasteiger partial charge in [0.05, 0.1) is 6.61 Å². The van der Waals surface area contributed by atoms with Crippen LogP contribution in [0, 0.1) is 0 Å². The number of aliphatic hydroxyl groups is 2. The van der Waals surface area contributed by atoms with Gasteiger partial charge in [0.1, 0.15) is 6.10 Å². The van der Waals surface area contributed by atoms with E-state index in [4.69, 9.17) is 10.2 Å². The minimum absolute atomic E-state index is 0.287.